The number of nitrogens with zero attached hydrogens (tertiary/aromatic N) is 4. The van der Waals surface area contributed by atoms with E-state index in [2.05, 4.69) is 36.3 Å². The summed E-state index contributed by atoms with van der Waals surface area (Å²) in [4.78, 5) is 8.81. The second-order valence-electron chi connectivity index (χ2n) is 4.08. The average Bonchev–Trinajstić information content (AvgIpc) is 2.77. The molecule has 0 unspecified atom stereocenters. The molecule has 0 fully saturated rings. The fourth-order valence-corrected chi connectivity index (χ4v) is 2.37. The predicted molar refractivity (Wildman–Crippen MR) is 76.7 cm³/mol. The fourth-order valence-electron chi connectivity index (χ4n) is 1.88. The van der Waals surface area contributed by atoms with E-state index < -0.39 is 0 Å². The van der Waals surface area contributed by atoms with Crippen LogP contribution >= 0.6 is 15.9 Å². The molecule has 3 rings (SSSR count). The van der Waals surface area contributed by atoms with E-state index in [4.69, 9.17) is 0 Å². The van der Waals surface area contributed by atoms with E-state index in [1.54, 1.807) is 10.7 Å². The number of rotatable bonds is 3. The number of fused-ring (bicyclic) bond motifs is 1. The third-order valence-electron chi connectivity index (χ3n) is 2.76. The maximum atomic E-state index is 4.56. The van der Waals surface area contributed by atoms with Crippen molar-refractivity contribution in [1.29, 1.82) is 0 Å². The number of nitrogens with one attached hydrogen (secondary N) is 1. The molecule has 0 saturated carbocycles. The van der Waals surface area contributed by atoms with E-state index in [-0.39, 0.29) is 0 Å². The molecular weight excluding hydrogens is 306 g/mol. The number of imidazole rings is 1. The summed E-state index contributed by atoms with van der Waals surface area (Å²) in [5.74, 6) is 0. The Bertz CT molecular complexity index is 708. The van der Waals surface area contributed by atoms with E-state index in [0.29, 0.717) is 6.54 Å². The second-order valence-corrected chi connectivity index (χ2v) is 4.83. The molecule has 0 atom stereocenters. The van der Waals surface area contributed by atoms with Crippen molar-refractivity contribution in [3.8, 4) is 11.4 Å². The molecule has 0 aliphatic rings. The quantitative estimate of drug-likeness (QED) is 0.805. The fraction of sp³-hybridized carbons (Fsp3) is 0.154. The lowest BCUT2D eigenvalue weighted by atomic mass is 10.2. The number of aromatic nitrogens is 4. The third kappa shape index (κ3) is 2.24. The van der Waals surface area contributed by atoms with Crippen molar-refractivity contribution in [2.45, 2.75) is 6.54 Å². The standard InChI is InChI=1S/C13H12BrN5/c1-15-8-11-13(14)19-12(17-11)6-5-10(18-19)9-4-2-3-7-16-9/h2-7,15H,8H2,1H3. The summed E-state index contributed by atoms with van der Waals surface area (Å²) < 4.78 is 2.66. The van der Waals surface area contributed by atoms with E-state index in [1.807, 2.05) is 37.4 Å². The van der Waals surface area contributed by atoms with E-state index in [9.17, 15) is 0 Å². The Labute approximate surface area is 118 Å². The summed E-state index contributed by atoms with van der Waals surface area (Å²) in [5.41, 5.74) is 3.42. The average molecular weight is 318 g/mol. The summed E-state index contributed by atoms with van der Waals surface area (Å²) in [6.45, 7) is 0.697. The van der Waals surface area contributed by atoms with Crippen molar-refractivity contribution in [2.24, 2.45) is 0 Å². The molecule has 0 aromatic carbocycles. The molecule has 3 aromatic rings. The zero-order chi connectivity index (χ0) is 13.2. The van der Waals surface area contributed by atoms with Crippen molar-refractivity contribution < 1.29 is 0 Å². The SMILES string of the molecule is CNCc1nc2ccc(-c3ccccn3)nn2c1Br. The minimum atomic E-state index is 0.697. The van der Waals surface area contributed by atoms with Crippen molar-refractivity contribution >= 4 is 21.6 Å². The molecule has 0 spiro atoms. The highest BCUT2D eigenvalue weighted by Crippen LogP contribution is 2.20. The van der Waals surface area contributed by atoms with Gasteiger partial charge in [0.25, 0.3) is 0 Å². The van der Waals surface area contributed by atoms with Crippen LogP contribution in [0.3, 0.4) is 0 Å². The van der Waals surface area contributed by atoms with Crippen molar-refractivity contribution in [3.63, 3.8) is 0 Å². The van der Waals surface area contributed by atoms with Gasteiger partial charge in [0.05, 0.1) is 11.4 Å². The minimum Gasteiger partial charge on any atom is -0.314 e. The van der Waals surface area contributed by atoms with E-state index in [0.717, 1.165) is 27.3 Å². The molecule has 0 aliphatic carbocycles. The molecule has 0 saturated heterocycles. The lowest BCUT2D eigenvalue weighted by molar-refractivity contribution is 0.789. The monoisotopic (exact) mass is 317 g/mol. The summed E-state index contributed by atoms with van der Waals surface area (Å²) in [6, 6.07) is 9.65. The Morgan fingerprint density at radius 3 is 2.84 bits per heavy atom. The van der Waals surface area contributed by atoms with E-state index >= 15 is 0 Å². The molecule has 0 aliphatic heterocycles. The van der Waals surface area contributed by atoms with Gasteiger partial charge in [-0.3, -0.25) is 4.98 Å². The van der Waals surface area contributed by atoms with Crippen LogP contribution in [0.1, 0.15) is 5.69 Å². The first-order valence-electron chi connectivity index (χ1n) is 5.90. The van der Waals surface area contributed by atoms with Crippen LogP contribution in [-0.2, 0) is 6.54 Å². The van der Waals surface area contributed by atoms with Crippen LogP contribution in [0, 0.1) is 0 Å². The maximum absolute atomic E-state index is 4.56. The summed E-state index contributed by atoms with van der Waals surface area (Å²) >= 11 is 3.54. The highest BCUT2D eigenvalue weighted by atomic mass is 79.9. The van der Waals surface area contributed by atoms with Gasteiger partial charge in [-0.2, -0.15) is 5.10 Å². The molecule has 96 valence electrons. The summed E-state index contributed by atoms with van der Waals surface area (Å²) in [7, 11) is 1.89. The number of hydrogen-bond acceptors (Lipinski definition) is 4. The normalized spacial score (nSPS) is 11.1. The van der Waals surface area contributed by atoms with Crippen LogP contribution < -0.4 is 5.32 Å². The Kier molecular flexibility index (Phi) is 3.27. The summed E-state index contributed by atoms with van der Waals surface area (Å²) in [5, 5.41) is 7.65. The largest absolute Gasteiger partial charge is 0.314 e. The second kappa shape index (κ2) is 5.07. The van der Waals surface area contributed by atoms with Gasteiger partial charge in [-0.15, -0.1) is 0 Å². The molecule has 3 heterocycles. The van der Waals surface area contributed by atoms with Crippen LogP contribution in [0.15, 0.2) is 41.1 Å². The van der Waals surface area contributed by atoms with Crippen LogP contribution in [0.2, 0.25) is 0 Å². The molecule has 19 heavy (non-hydrogen) atoms. The van der Waals surface area contributed by atoms with Crippen LogP contribution in [0.5, 0.6) is 0 Å². The molecule has 0 bridgehead atoms. The van der Waals surface area contributed by atoms with Gasteiger partial charge in [-0.1, -0.05) is 6.07 Å². The van der Waals surface area contributed by atoms with Gasteiger partial charge in [0.1, 0.15) is 10.3 Å². The lowest BCUT2D eigenvalue weighted by Crippen LogP contribution is -2.05. The highest BCUT2D eigenvalue weighted by Gasteiger charge is 2.11. The van der Waals surface area contributed by atoms with Gasteiger partial charge in [-0.05, 0) is 47.2 Å². The number of pyridine rings is 1. The number of halogens is 1. The first-order valence-corrected chi connectivity index (χ1v) is 6.69. The van der Waals surface area contributed by atoms with E-state index in [1.165, 1.54) is 0 Å². The highest BCUT2D eigenvalue weighted by molar-refractivity contribution is 9.10. The van der Waals surface area contributed by atoms with Crippen molar-refractivity contribution in [1.82, 2.24) is 24.9 Å². The van der Waals surface area contributed by atoms with Gasteiger partial charge in [0.2, 0.25) is 0 Å². The zero-order valence-electron chi connectivity index (χ0n) is 10.3. The molecular formula is C13H12BrN5. The van der Waals surface area contributed by atoms with Gasteiger partial charge in [-0.25, -0.2) is 9.50 Å². The molecule has 5 nitrogen and oxygen atoms in total. The Morgan fingerprint density at radius 1 is 1.21 bits per heavy atom. The van der Waals surface area contributed by atoms with Gasteiger partial charge >= 0.3 is 0 Å². The maximum Gasteiger partial charge on any atom is 0.155 e. The first-order chi connectivity index (χ1) is 9.29. The smallest absolute Gasteiger partial charge is 0.155 e. The first kappa shape index (κ1) is 12.3. The summed E-state index contributed by atoms with van der Waals surface area (Å²) in [6.07, 6.45) is 1.76. The van der Waals surface area contributed by atoms with Crippen molar-refractivity contribution in [2.75, 3.05) is 7.05 Å². The van der Waals surface area contributed by atoms with Crippen molar-refractivity contribution in [3.05, 3.63) is 46.8 Å². The Hall–Kier alpha value is -1.79. The minimum absolute atomic E-state index is 0.697. The van der Waals surface area contributed by atoms with Crippen LogP contribution in [0.4, 0.5) is 0 Å². The molecule has 1 N–H and O–H groups in total. The lowest BCUT2D eigenvalue weighted by Gasteiger charge is -2.00. The zero-order valence-corrected chi connectivity index (χ0v) is 11.9. The Balaban J connectivity index is 2.13. The molecule has 0 radical (unpaired) electrons. The van der Waals surface area contributed by atoms with Gasteiger partial charge in [0.15, 0.2) is 5.65 Å². The van der Waals surface area contributed by atoms with Gasteiger partial charge in [0, 0.05) is 12.7 Å². The van der Waals surface area contributed by atoms with Gasteiger partial charge < -0.3 is 5.32 Å². The van der Waals surface area contributed by atoms with Crippen LogP contribution in [0.25, 0.3) is 17.0 Å². The van der Waals surface area contributed by atoms with Crippen LogP contribution in [-0.4, -0.2) is 26.6 Å². The molecule has 0 amide bonds. The Morgan fingerprint density at radius 2 is 2.11 bits per heavy atom. The third-order valence-corrected chi connectivity index (χ3v) is 3.55. The topological polar surface area (TPSA) is 55.1 Å². The molecule has 6 heteroatoms. The number of hydrogen-bond donors (Lipinski definition) is 1. The predicted octanol–water partition coefficient (Wildman–Crippen LogP) is 2.27. The molecule has 3 aromatic heterocycles.